The number of hydrogen-bond acceptors (Lipinski definition) is 6. The van der Waals surface area contributed by atoms with Gasteiger partial charge in [-0.3, -0.25) is 14.4 Å². The molecule has 332 valence electrons. The van der Waals surface area contributed by atoms with Gasteiger partial charge in [0.2, 0.25) is 0 Å². The molecule has 0 rings (SSSR count). The highest BCUT2D eigenvalue weighted by molar-refractivity contribution is 5.71. The molecule has 0 aliphatic rings. The van der Waals surface area contributed by atoms with Crippen molar-refractivity contribution >= 4 is 17.9 Å². The summed E-state index contributed by atoms with van der Waals surface area (Å²) in [5.74, 6) is -0.927. The summed E-state index contributed by atoms with van der Waals surface area (Å²) < 4.78 is 16.7. The van der Waals surface area contributed by atoms with Crippen molar-refractivity contribution in [2.24, 2.45) is 0 Å². The molecule has 0 bridgehead atoms. The molecule has 0 amide bonds. The van der Waals surface area contributed by atoms with E-state index in [0.717, 1.165) is 116 Å². The molecule has 0 aromatic carbocycles. The van der Waals surface area contributed by atoms with Gasteiger partial charge in [-0.25, -0.2) is 0 Å². The zero-order valence-corrected chi connectivity index (χ0v) is 37.8. The number of carbonyl (C=O) groups excluding carboxylic acids is 3. The number of unbranched alkanes of at least 4 members (excludes halogenated alkanes) is 19. The second-order valence-corrected chi connectivity index (χ2v) is 15.6. The topological polar surface area (TPSA) is 78.9 Å². The van der Waals surface area contributed by atoms with Gasteiger partial charge in [-0.2, -0.15) is 0 Å². The van der Waals surface area contributed by atoms with E-state index in [1.54, 1.807) is 0 Å². The van der Waals surface area contributed by atoms with Gasteiger partial charge in [0.25, 0.3) is 0 Å². The first kappa shape index (κ1) is 54.9. The van der Waals surface area contributed by atoms with Crippen molar-refractivity contribution in [3.8, 4) is 0 Å². The summed E-state index contributed by atoms with van der Waals surface area (Å²) >= 11 is 0. The Morgan fingerprint density at radius 3 is 1.14 bits per heavy atom. The lowest BCUT2D eigenvalue weighted by Gasteiger charge is -2.18. The summed E-state index contributed by atoms with van der Waals surface area (Å²) in [6, 6.07) is 0. The van der Waals surface area contributed by atoms with Crippen molar-refractivity contribution in [3.05, 3.63) is 72.9 Å². The van der Waals surface area contributed by atoms with Crippen LogP contribution in [0.15, 0.2) is 72.9 Å². The summed E-state index contributed by atoms with van der Waals surface area (Å²) in [6.07, 6.45) is 57.4. The van der Waals surface area contributed by atoms with Crippen LogP contribution in [0.2, 0.25) is 0 Å². The predicted octanol–water partition coefficient (Wildman–Crippen LogP) is 15.5. The Morgan fingerprint density at radius 2 is 0.707 bits per heavy atom. The lowest BCUT2D eigenvalue weighted by molar-refractivity contribution is -0.167. The number of ether oxygens (including phenoxy) is 3. The summed E-state index contributed by atoms with van der Waals surface area (Å²) in [5, 5.41) is 0. The summed E-state index contributed by atoms with van der Waals surface area (Å²) in [5.41, 5.74) is 0. The highest BCUT2D eigenvalue weighted by atomic mass is 16.6. The van der Waals surface area contributed by atoms with E-state index < -0.39 is 6.10 Å². The van der Waals surface area contributed by atoms with Crippen LogP contribution < -0.4 is 0 Å². The van der Waals surface area contributed by atoms with Crippen LogP contribution in [0.3, 0.4) is 0 Å². The molecule has 6 nitrogen and oxygen atoms in total. The van der Waals surface area contributed by atoms with E-state index in [0.29, 0.717) is 19.3 Å². The number of rotatable bonds is 42. The molecule has 0 saturated heterocycles. The van der Waals surface area contributed by atoms with Gasteiger partial charge in [0.15, 0.2) is 6.10 Å². The molecule has 0 saturated carbocycles. The maximum absolute atomic E-state index is 12.7. The summed E-state index contributed by atoms with van der Waals surface area (Å²) in [6.45, 7) is 6.38. The lowest BCUT2D eigenvalue weighted by atomic mass is 10.1. The SMILES string of the molecule is CC/C=C\C/C=C\C/C=C\C/C=C\CCCCCCCCC(=O)OCC(COC(=O)CCCCCCC/C=C\CCC)OC(=O)CCCCCCC/C=C\CCCC. The largest absolute Gasteiger partial charge is 0.462 e. The van der Waals surface area contributed by atoms with Crippen molar-refractivity contribution in [2.75, 3.05) is 13.2 Å². The van der Waals surface area contributed by atoms with Gasteiger partial charge in [0.05, 0.1) is 0 Å². The normalized spacial score (nSPS) is 12.7. The molecule has 0 radical (unpaired) electrons. The smallest absolute Gasteiger partial charge is 0.306 e. The second-order valence-electron chi connectivity index (χ2n) is 15.6. The molecule has 0 aromatic rings. The average molecular weight is 809 g/mol. The fourth-order valence-corrected chi connectivity index (χ4v) is 6.30. The first-order valence-corrected chi connectivity index (χ1v) is 23.9. The van der Waals surface area contributed by atoms with Crippen LogP contribution in [0, 0.1) is 0 Å². The third kappa shape index (κ3) is 44.0. The van der Waals surface area contributed by atoms with Crippen molar-refractivity contribution in [1.82, 2.24) is 0 Å². The van der Waals surface area contributed by atoms with Crippen molar-refractivity contribution in [1.29, 1.82) is 0 Å². The van der Waals surface area contributed by atoms with Crippen molar-refractivity contribution in [2.45, 2.75) is 226 Å². The molecule has 0 fully saturated rings. The third-order valence-electron chi connectivity index (χ3n) is 9.90. The standard InChI is InChI=1S/C52H88O6/c1-4-7-10-13-16-19-22-23-24-25-26-27-28-29-31-33-36-39-42-45-51(54)57-48-49(47-56-50(53)44-41-38-35-32-21-18-15-12-9-6-3)58-52(55)46-43-40-37-34-30-20-17-14-11-8-5-2/h7,10,12,14-17,19,23-24,26-27,49H,4-6,8-9,11,13,18,20-22,25,28-48H2,1-3H3/b10-7-,15-12-,17-14-,19-16-,24-23-,27-26-. The second kappa shape index (κ2) is 46.5. The Morgan fingerprint density at radius 1 is 0.362 bits per heavy atom. The molecule has 6 heteroatoms. The van der Waals surface area contributed by atoms with Gasteiger partial charge in [-0.15, -0.1) is 0 Å². The Hall–Kier alpha value is -3.15. The maximum atomic E-state index is 12.7. The third-order valence-corrected chi connectivity index (χ3v) is 9.90. The molecule has 58 heavy (non-hydrogen) atoms. The molecule has 0 aromatic heterocycles. The van der Waals surface area contributed by atoms with Crippen molar-refractivity contribution < 1.29 is 28.6 Å². The van der Waals surface area contributed by atoms with Crippen molar-refractivity contribution in [3.63, 3.8) is 0 Å². The van der Waals surface area contributed by atoms with Crippen LogP contribution in [-0.4, -0.2) is 37.2 Å². The Balaban J connectivity index is 4.36. The fraction of sp³-hybridized carbons (Fsp3) is 0.712. The van der Waals surface area contributed by atoms with Crippen LogP contribution >= 0.6 is 0 Å². The minimum atomic E-state index is -0.786. The van der Waals surface area contributed by atoms with Gasteiger partial charge >= 0.3 is 17.9 Å². The molecular weight excluding hydrogens is 721 g/mol. The summed E-state index contributed by atoms with van der Waals surface area (Å²) in [4.78, 5) is 37.8. The quantitative estimate of drug-likeness (QED) is 0.0264. The highest BCUT2D eigenvalue weighted by Crippen LogP contribution is 2.13. The van der Waals surface area contributed by atoms with Gasteiger partial charge < -0.3 is 14.2 Å². The monoisotopic (exact) mass is 809 g/mol. The van der Waals surface area contributed by atoms with Gasteiger partial charge in [0, 0.05) is 19.3 Å². The van der Waals surface area contributed by atoms with Crippen LogP contribution in [-0.2, 0) is 28.6 Å². The zero-order valence-electron chi connectivity index (χ0n) is 37.8. The summed E-state index contributed by atoms with van der Waals surface area (Å²) in [7, 11) is 0. The molecule has 1 unspecified atom stereocenters. The number of hydrogen-bond donors (Lipinski definition) is 0. The Kier molecular flexibility index (Phi) is 44.0. The van der Waals surface area contributed by atoms with E-state index in [4.69, 9.17) is 14.2 Å². The number of allylic oxidation sites excluding steroid dienone is 12. The van der Waals surface area contributed by atoms with E-state index in [-0.39, 0.29) is 31.1 Å². The average Bonchev–Trinajstić information content (AvgIpc) is 3.22. The fourth-order valence-electron chi connectivity index (χ4n) is 6.30. The van der Waals surface area contributed by atoms with Gasteiger partial charge in [0.1, 0.15) is 13.2 Å². The minimum absolute atomic E-state index is 0.0887. The molecule has 0 aliphatic heterocycles. The Bertz CT molecular complexity index is 1110. The van der Waals surface area contributed by atoms with E-state index in [1.165, 1.54) is 64.2 Å². The Labute approximate surface area is 357 Å². The van der Waals surface area contributed by atoms with Crippen LogP contribution in [0.4, 0.5) is 0 Å². The van der Waals surface area contributed by atoms with Gasteiger partial charge in [-0.05, 0) is 96.3 Å². The van der Waals surface area contributed by atoms with E-state index in [2.05, 4.69) is 93.7 Å². The maximum Gasteiger partial charge on any atom is 0.306 e. The molecular formula is C52H88O6. The zero-order chi connectivity index (χ0) is 42.3. The van der Waals surface area contributed by atoms with Gasteiger partial charge in [-0.1, -0.05) is 177 Å². The number of esters is 3. The molecule has 1 atom stereocenters. The molecule has 0 heterocycles. The molecule has 0 N–H and O–H groups in total. The minimum Gasteiger partial charge on any atom is -0.462 e. The highest BCUT2D eigenvalue weighted by Gasteiger charge is 2.19. The first-order chi connectivity index (χ1) is 28.5. The van der Waals surface area contributed by atoms with Crippen LogP contribution in [0.25, 0.3) is 0 Å². The lowest BCUT2D eigenvalue weighted by Crippen LogP contribution is -2.30. The predicted molar refractivity (Wildman–Crippen MR) is 247 cm³/mol. The molecule has 0 aliphatic carbocycles. The van der Waals surface area contributed by atoms with E-state index >= 15 is 0 Å². The van der Waals surface area contributed by atoms with E-state index in [1.807, 2.05) is 0 Å². The van der Waals surface area contributed by atoms with Crippen LogP contribution in [0.5, 0.6) is 0 Å². The molecule has 0 spiro atoms. The van der Waals surface area contributed by atoms with Crippen LogP contribution in [0.1, 0.15) is 220 Å². The number of carbonyl (C=O) groups is 3. The first-order valence-electron chi connectivity index (χ1n) is 23.9. The van der Waals surface area contributed by atoms with E-state index in [9.17, 15) is 14.4 Å².